The second-order valence-electron chi connectivity index (χ2n) is 4.06. The van der Waals surface area contributed by atoms with Crippen molar-refractivity contribution < 1.29 is 4.39 Å². The highest BCUT2D eigenvalue weighted by molar-refractivity contribution is 9.10. The first kappa shape index (κ1) is 11.9. The second kappa shape index (κ2) is 4.48. The predicted octanol–water partition coefficient (Wildman–Crippen LogP) is 4.00. The lowest BCUT2D eigenvalue weighted by atomic mass is 10.2. The van der Waals surface area contributed by atoms with Crippen molar-refractivity contribution in [2.45, 2.75) is 0 Å². The Labute approximate surface area is 116 Å². The molecule has 0 aliphatic carbocycles. The van der Waals surface area contributed by atoms with Crippen molar-refractivity contribution in [3.8, 4) is 17.5 Å². The average Bonchev–Trinajstić information content (AvgIpc) is 2.84. The summed E-state index contributed by atoms with van der Waals surface area (Å²) in [6.07, 6.45) is 0. The van der Waals surface area contributed by atoms with Gasteiger partial charge in [-0.3, -0.25) is 0 Å². The van der Waals surface area contributed by atoms with E-state index in [-0.39, 0.29) is 5.82 Å². The summed E-state index contributed by atoms with van der Waals surface area (Å²) in [6.45, 7) is 0. The lowest BCUT2D eigenvalue weighted by Gasteiger charge is -1.98. The van der Waals surface area contributed by atoms with E-state index in [1.54, 1.807) is 30.3 Å². The molecule has 3 nitrogen and oxygen atoms in total. The first-order valence-corrected chi connectivity index (χ1v) is 6.32. The van der Waals surface area contributed by atoms with Crippen LogP contribution in [0.15, 0.2) is 40.9 Å². The number of halogens is 2. The van der Waals surface area contributed by atoms with Gasteiger partial charge in [-0.2, -0.15) is 5.26 Å². The number of hydrogen-bond acceptors (Lipinski definition) is 2. The second-order valence-corrected chi connectivity index (χ2v) is 4.91. The van der Waals surface area contributed by atoms with Crippen LogP contribution in [0, 0.1) is 17.1 Å². The van der Waals surface area contributed by atoms with Gasteiger partial charge in [0, 0.05) is 5.56 Å². The molecule has 1 N–H and O–H groups in total. The molecule has 0 radical (unpaired) electrons. The van der Waals surface area contributed by atoms with E-state index in [1.165, 1.54) is 6.07 Å². The van der Waals surface area contributed by atoms with E-state index in [1.807, 2.05) is 0 Å². The van der Waals surface area contributed by atoms with E-state index in [0.29, 0.717) is 21.4 Å². The zero-order valence-corrected chi connectivity index (χ0v) is 11.2. The first-order chi connectivity index (χ1) is 9.17. The molecule has 0 spiro atoms. The van der Waals surface area contributed by atoms with Gasteiger partial charge in [0.05, 0.1) is 27.1 Å². The lowest BCUT2D eigenvalue weighted by Crippen LogP contribution is -1.83. The van der Waals surface area contributed by atoms with Gasteiger partial charge in [-0.25, -0.2) is 9.37 Å². The van der Waals surface area contributed by atoms with E-state index >= 15 is 0 Å². The molecule has 19 heavy (non-hydrogen) atoms. The summed E-state index contributed by atoms with van der Waals surface area (Å²) >= 11 is 3.11. The van der Waals surface area contributed by atoms with Gasteiger partial charge in [-0.15, -0.1) is 0 Å². The summed E-state index contributed by atoms with van der Waals surface area (Å²) in [6, 6.07) is 12.1. The van der Waals surface area contributed by atoms with Crippen LogP contribution in [0.5, 0.6) is 0 Å². The van der Waals surface area contributed by atoms with Crippen LogP contribution in [0.2, 0.25) is 0 Å². The highest BCUT2D eigenvalue weighted by Crippen LogP contribution is 2.24. The van der Waals surface area contributed by atoms with Gasteiger partial charge in [-0.1, -0.05) is 0 Å². The third-order valence-electron chi connectivity index (χ3n) is 2.80. The third-order valence-corrected chi connectivity index (χ3v) is 3.45. The van der Waals surface area contributed by atoms with Gasteiger partial charge in [0.25, 0.3) is 0 Å². The normalized spacial score (nSPS) is 10.6. The fourth-order valence-electron chi connectivity index (χ4n) is 1.86. The van der Waals surface area contributed by atoms with Gasteiger partial charge in [0.15, 0.2) is 0 Å². The summed E-state index contributed by atoms with van der Waals surface area (Å²) in [4.78, 5) is 7.47. The number of hydrogen-bond donors (Lipinski definition) is 1. The van der Waals surface area contributed by atoms with Crippen molar-refractivity contribution in [1.29, 1.82) is 5.26 Å². The van der Waals surface area contributed by atoms with Crippen molar-refractivity contribution >= 4 is 27.0 Å². The maximum absolute atomic E-state index is 13.5. The molecule has 0 amide bonds. The maximum Gasteiger partial charge on any atom is 0.138 e. The van der Waals surface area contributed by atoms with Crippen LogP contribution in [-0.4, -0.2) is 9.97 Å². The quantitative estimate of drug-likeness (QED) is 0.737. The fraction of sp³-hybridized carbons (Fsp3) is 0. The summed E-state index contributed by atoms with van der Waals surface area (Å²) < 4.78 is 13.9. The number of nitriles is 1. The molecule has 0 unspecified atom stereocenters. The van der Waals surface area contributed by atoms with Crippen LogP contribution < -0.4 is 0 Å². The number of rotatable bonds is 1. The fourth-order valence-corrected chi connectivity index (χ4v) is 2.11. The summed E-state index contributed by atoms with van der Waals surface area (Å²) in [7, 11) is 0. The van der Waals surface area contributed by atoms with E-state index in [4.69, 9.17) is 5.26 Å². The van der Waals surface area contributed by atoms with Gasteiger partial charge < -0.3 is 4.98 Å². The maximum atomic E-state index is 13.5. The van der Waals surface area contributed by atoms with Crippen molar-refractivity contribution in [3.63, 3.8) is 0 Å². The minimum Gasteiger partial charge on any atom is -0.338 e. The third kappa shape index (κ3) is 2.11. The molecule has 92 valence electrons. The number of imidazole rings is 1. The summed E-state index contributed by atoms with van der Waals surface area (Å²) in [5.41, 5.74) is 2.73. The number of benzene rings is 2. The summed E-state index contributed by atoms with van der Waals surface area (Å²) in [5.74, 6) is 0.243. The number of nitrogens with zero attached hydrogens (tertiary/aromatic N) is 2. The topological polar surface area (TPSA) is 52.5 Å². The van der Waals surface area contributed by atoms with Crippen LogP contribution >= 0.6 is 15.9 Å². The Morgan fingerprint density at radius 1 is 1.21 bits per heavy atom. The Balaban J connectivity index is 2.15. The Hall–Kier alpha value is -2.19. The largest absolute Gasteiger partial charge is 0.338 e. The van der Waals surface area contributed by atoms with Crippen LogP contribution in [-0.2, 0) is 0 Å². The van der Waals surface area contributed by atoms with E-state index in [9.17, 15) is 4.39 Å². The number of fused-ring (bicyclic) bond motifs is 1. The molecule has 0 aliphatic rings. The van der Waals surface area contributed by atoms with Crippen molar-refractivity contribution in [3.05, 3.63) is 52.3 Å². The van der Waals surface area contributed by atoms with E-state index in [0.717, 1.165) is 11.0 Å². The Kier molecular flexibility index (Phi) is 2.80. The number of aromatic amines is 1. The zero-order chi connectivity index (χ0) is 13.4. The molecule has 2 aromatic carbocycles. The van der Waals surface area contributed by atoms with Gasteiger partial charge in [0.1, 0.15) is 11.6 Å². The standard InChI is InChI=1S/C14H7BrFN3/c15-10-3-2-9(6-11(10)16)14-18-12-4-1-8(7-17)5-13(12)19-14/h1-6H,(H,18,19). The van der Waals surface area contributed by atoms with E-state index in [2.05, 4.69) is 32.0 Å². The van der Waals surface area contributed by atoms with E-state index < -0.39 is 0 Å². The van der Waals surface area contributed by atoms with Crippen LogP contribution in [0.25, 0.3) is 22.4 Å². The monoisotopic (exact) mass is 315 g/mol. The molecular formula is C14H7BrFN3. The molecule has 5 heteroatoms. The predicted molar refractivity (Wildman–Crippen MR) is 73.9 cm³/mol. The van der Waals surface area contributed by atoms with Gasteiger partial charge >= 0.3 is 0 Å². The Morgan fingerprint density at radius 2 is 2.05 bits per heavy atom. The van der Waals surface area contributed by atoms with Crippen molar-refractivity contribution in [2.24, 2.45) is 0 Å². The lowest BCUT2D eigenvalue weighted by molar-refractivity contribution is 0.621. The number of aromatic nitrogens is 2. The highest BCUT2D eigenvalue weighted by atomic mass is 79.9. The van der Waals surface area contributed by atoms with Crippen LogP contribution in [0.3, 0.4) is 0 Å². The molecule has 0 saturated heterocycles. The summed E-state index contributed by atoms with van der Waals surface area (Å²) in [5, 5.41) is 8.85. The Bertz CT molecular complexity index is 817. The smallest absolute Gasteiger partial charge is 0.138 e. The molecular weight excluding hydrogens is 309 g/mol. The number of nitrogens with one attached hydrogen (secondary N) is 1. The number of H-pyrrole nitrogens is 1. The van der Waals surface area contributed by atoms with Crippen LogP contribution in [0.1, 0.15) is 5.56 Å². The molecule has 3 rings (SSSR count). The van der Waals surface area contributed by atoms with Crippen molar-refractivity contribution in [2.75, 3.05) is 0 Å². The SMILES string of the molecule is N#Cc1ccc2nc(-c3ccc(Br)c(F)c3)[nH]c2c1. The molecule has 0 fully saturated rings. The first-order valence-electron chi connectivity index (χ1n) is 5.52. The molecule has 1 aromatic heterocycles. The Morgan fingerprint density at radius 3 is 2.79 bits per heavy atom. The molecule has 0 atom stereocenters. The van der Waals surface area contributed by atoms with Gasteiger partial charge in [-0.05, 0) is 52.3 Å². The molecule has 0 saturated carbocycles. The highest BCUT2D eigenvalue weighted by Gasteiger charge is 2.08. The molecule has 0 bridgehead atoms. The average molecular weight is 316 g/mol. The molecule has 1 heterocycles. The minimum atomic E-state index is -0.337. The zero-order valence-electron chi connectivity index (χ0n) is 9.61. The molecule has 0 aliphatic heterocycles. The van der Waals surface area contributed by atoms with Crippen LogP contribution in [0.4, 0.5) is 4.39 Å². The minimum absolute atomic E-state index is 0.337. The molecule has 3 aromatic rings. The van der Waals surface area contributed by atoms with Crippen molar-refractivity contribution in [1.82, 2.24) is 9.97 Å². The van der Waals surface area contributed by atoms with Gasteiger partial charge in [0.2, 0.25) is 0 Å².